The molecule has 1 rings (SSSR count). The highest BCUT2D eigenvalue weighted by atomic mass is 16.5. The van der Waals surface area contributed by atoms with Crippen LogP contribution in [-0.4, -0.2) is 29.6 Å². The fourth-order valence-corrected chi connectivity index (χ4v) is 1.21. The van der Waals surface area contributed by atoms with Gasteiger partial charge in [0.05, 0.1) is 6.61 Å². The average Bonchev–Trinajstić information content (AvgIpc) is 1.86. The third kappa shape index (κ3) is 1.85. The molecule has 3 nitrogen and oxygen atoms in total. The van der Waals surface area contributed by atoms with Gasteiger partial charge in [0.1, 0.15) is 0 Å². The molecular formula is C8H16N2O. The van der Waals surface area contributed by atoms with Crippen LogP contribution in [-0.2, 0) is 4.74 Å². The zero-order valence-corrected chi connectivity index (χ0v) is 7.48. The van der Waals surface area contributed by atoms with Crippen molar-refractivity contribution in [2.45, 2.75) is 32.7 Å². The van der Waals surface area contributed by atoms with Gasteiger partial charge < -0.3 is 9.64 Å². The van der Waals surface area contributed by atoms with E-state index < -0.39 is 0 Å². The number of hydrogen-bond donors (Lipinski definition) is 1. The molecule has 0 aromatic carbocycles. The lowest BCUT2D eigenvalue weighted by Crippen LogP contribution is -2.49. The smallest absolute Gasteiger partial charge is 0.284 e. The van der Waals surface area contributed by atoms with E-state index in [2.05, 4.69) is 20.8 Å². The van der Waals surface area contributed by atoms with Crippen LogP contribution in [0, 0.1) is 5.41 Å². The molecule has 0 aromatic rings. The van der Waals surface area contributed by atoms with Crippen molar-refractivity contribution >= 4 is 6.02 Å². The van der Waals surface area contributed by atoms with Gasteiger partial charge in [-0.3, -0.25) is 5.41 Å². The Kier molecular flexibility index (Phi) is 2.07. The van der Waals surface area contributed by atoms with E-state index in [-0.39, 0.29) is 5.54 Å². The van der Waals surface area contributed by atoms with Crippen molar-refractivity contribution in [1.29, 1.82) is 5.41 Å². The Bertz CT molecular complexity index is 160. The van der Waals surface area contributed by atoms with Crippen molar-refractivity contribution < 1.29 is 4.74 Å². The van der Waals surface area contributed by atoms with Crippen LogP contribution in [0.2, 0.25) is 0 Å². The second-order valence-electron chi connectivity index (χ2n) is 3.83. The summed E-state index contributed by atoms with van der Waals surface area (Å²) in [7, 11) is 0. The Morgan fingerprint density at radius 1 is 1.45 bits per heavy atom. The van der Waals surface area contributed by atoms with Crippen LogP contribution in [0.1, 0.15) is 27.2 Å². The first kappa shape index (κ1) is 8.37. The highest BCUT2D eigenvalue weighted by molar-refractivity contribution is 5.71. The van der Waals surface area contributed by atoms with Gasteiger partial charge in [0, 0.05) is 12.1 Å². The molecule has 0 radical (unpaired) electrons. The molecule has 0 atom stereocenters. The lowest BCUT2D eigenvalue weighted by Gasteiger charge is -2.39. The van der Waals surface area contributed by atoms with Crippen LogP contribution < -0.4 is 0 Å². The minimum atomic E-state index is 0.0253. The Morgan fingerprint density at radius 2 is 2.09 bits per heavy atom. The van der Waals surface area contributed by atoms with Gasteiger partial charge in [-0.05, 0) is 27.2 Å². The van der Waals surface area contributed by atoms with E-state index in [4.69, 9.17) is 10.1 Å². The van der Waals surface area contributed by atoms with Crippen molar-refractivity contribution in [2.24, 2.45) is 0 Å². The molecule has 0 amide bonds. The first-order valence-electron chi connectivity index (χ1n) is 4.01. The van der Waals surface area contributed by atoms with Gasteiger partial charge in [-0.15, -0.1) is 0 Å². The summed E-state index contributed by atoms with van der Waals surface area (Å²) in [6.45, 7) is 7.93. The maximum atomic E-state index is 7.51. The fourth-order valence-electron chi connectivity index (χ4n) is 1.21. The summed E-state index contributed by atoms with van der Waals surface area (Å²) < 4.78 is 5.13. The number of ether oxygens (including phenoxy) is 1. The molecule has 0 aliphatic carbocycles. The zero-order chi connectivity index (χ0) is 8.48. The first-order chi connectivity index (χ1) is 5.02. The predicted molar refractivity (Wildman–Crippen MR) is 44.8 cm³/mol. The molecule has 3 heteroatoms. The maximum Gasteiger partial charge on any atom is 0.284 e. The Balaban J connectivity index is 2.62. The van der Waals surface area contributed by atoms with Gasteiger partial charge in [-0.25, -0.2) is 0 Å². The Labute approximate surface area is 67.8 Å². The third-order valence-electron chi connectivity index (χ3n) is 1.82. The monoisotopic (exact) mass is 156 g/mol. The molecule has 1 aliphatic rings. The van der Waals surface area contributed by atoms with E-state index in [1.54, 1.807) is 0 Å². The molecule has 1 heterocycles. The van der Waals surface area contributed by atoms with E-state index in [0.29, 0.717) is 12.6 Å². The summed E-state index contributed by atoms with van der Waals surface area (Å²) in [5.41, 5.74) is 0.0253. The molecule has 1 aliphatic heterocycles. The molecule has 0 spiro atoms. The minimum Gasteiger partial charge on any atom is -0.465 e. The van der Waals surface area contributed by atoms with E-state index in [1.807, 2.05) is 4.90 Å². The minimum absolute atomic E-state index is 0.0253. The zero-order valence-electron chi connectivity index (χ0n) is 7.48. The fraction of sp³-hybridized carbons (Fsp3) is 0.875. The molecular weight excluding hydrogens is 140 g/mol. The van der Waals surface area contributed by atoms with Crippen molar-refractivity contribution in [3.05, 3.63) is 0 Å². The van der Waals surface area contributed by atoms with Gasteiger partial charge in [0.2, 0.25) is 0 Å². The van der Waals surface area contributed by atoms with Crippen LogP contribution in [0.25, 0.3) is 0 Å². The molecule has 0 aromatic heterocycles. The predicted octanol–water partition coefficient (Wildman–Crippen LogP) is 1.44. The molecule has 0 unspecified atom stereocenters. The molecule has 1 saturated heterocycles. The Morgan fingerprint density at radius 3 is 2.45 bits per heavy atom. The van der Waals surface area contributed by atoms with Gasteiger partial charge >= 0.3 is 0 Å². The second-order valence-corrected chi connectivity index (χ2v) is 3.83. The summed E-state index contributed by atoms with van der Waals surface area (Å²) in [4.78, 5) is 1.98. The van der Waals surface area contributed by atoms with E-state index in [0.717, 1.165) is 13.0 Å². The average molecular weight is 156 g/mol. The summed E-state index contributed by atoms with van der Waals surface area (Å²) in [5.74, 6) is 0. The molecule has 64 valence electrons. The first-order valence-corrected chi connectivity index (χ1v) is 4.01. The highest BCUT2D eigenvalue weighted by Crippen LogP contribution is 2.17. The summed E-state index contributed by atoms with van der Waals surface area (Å²) >= 11 is 0. The van der Waals surface area contributed by atoms with Crippen molar-refractivity contribution in [3.63, 3.8) is 0 Å². The largest absolute Gasteiger partial charge is 0.465 e. The van der Waals surface area contributed by atoms with E-state index in [1.165, 1.54) is 0 Å². The summed E-state index contributed by atoms with van der Waals surface area (Å²) in [6.07, 6.45) is 1.03. The summed E-state index contributed by atoms with van der Waals surface area (Å²) in [5, 5.41) is 7.51. The third-order valence-corrected chi connectivity index (χ3v) is 1.82. The maximum absolute atomic E-state index is 7.51. The van der Waals surface area contributed by atoms with Crippen molar-refractivity contribution in [1.82, 2.24) is 4.90 Å². The molecule has 0 saturated carbocycles. The normalized spacial score (nSPS) is 19.9. The lowest BCUT2D eigenvalue weighted by atomic mass is 10.1. The second kappa shape index (κ2) is 2.72. The topological polar surface area (TPSA) is 36.3 Å². The number of rotatable bonds is 0. The van der Waals surface area contributed by atoms with Crippen LogP contribution in [0.5, 0.6) is 0 Å². The van der Waals surface area contributed by atoms with Crippen LogP contribution in [0.3, 0.4) is 0 Å². The van der Waals surface area contributed by atoms with E-state index in [9.17, 15) is 0 Å². The van der Waals surface area contributed by atoms with Crippen LogP contribution >= 0.6 is 0 Å². The quantitative estimate of drug-likeness (QED) is 0.576. The van der Waals surface area contributed by atoms with Crippen molar-refractivity contribution in [2.75, 3.05) is 13.2 Å². The SMILES string of the molecule is CC(C)(C)N1CCCOC1=N. The highest BCUT2D eigenvalue weighted by Gasteiger charge is 2.26. The summed E-state index contributed by atoms with van der Waals surface area (Å²) in [6, 6.07) is 0.323. The molecule has 1 fully saturated rings. The standard InChI is InChI=1S/C8H16N2O/c1-8(2,3)10-5-4-6-11-7(10)9/h9H,4-6H2,1-3H3. The molecule has 11 heavy (non-hydrogen) atoms. The molecule has 0 bridgehead atoms. The number of nitrogens with zero attached hydrogens (tertiary/aromatic N) is 1. The lowest BCUT2D eigenvalue weighted by molar-refractivity contribution is 0.110. The van der Waals surface area contributed by atoms with Gasteiger partial charge in [0.25, 0.3) is 6.02 Å². The number of amidine groups is 1. The number of hydrogen-bond acceptors (Lipinski definition) is 2. The van der Waals surface area contributed by atoms with E-state index >= 15 is 0 Å². The van der Waals surface area contributed by atoms with Gasteiger partial charge in [0.15, 0.2) is 0 Å². The molecule has 1 N–H and O–H groups in total. The van der Waals surface area contributed by atoms with Crippen molar-refractivity contribution in [3.8, 4) is 0 Å². The Hall–Kier alpha value is -0.730. The van der Waals surface area contributed by atoms with Gasteiger partial charge in [-0.1, -0.05) is 0 Å². The van der Waals surface area contributed by atoms with Crippen LogP contribution in [0.4, 0.5) is 0 Å². The van der Waals surface area contributed by atoms with Gasteiger partial charge in [-0.2, -0.15) is 0 Å². The van der Waals surface area contributed by atoms with Crippen LogP contribution in [0.15, 0.2) is 0 Å². The number of nitrogens with one attached hydrogen (secondary N) is 1.